The Hall–Kier alpha value is -4.36. The SMILES string of the molecule is Cc1ccc2c(-c3ccccc3)c3ccccc3c(-c3ccc4c(c3)N(C)c3ccccc3C4)c2c1. The predicted octanol–water partition coefficient (Wildman–Crippen LogP) is 9.31. The number of benzene rings is 6. The van der Waals surface area contributed by atoms with E-state index in [0.717, 1.165) is 6.42 Å². The molecule has 0 atom stereocenters. The first-order chi connectivity index (χ1) is 17.7. The Morgan fingerprint density at radius 3 is 1.94 bits per heavy atom. The lowest BCUT2D eigenvalue weighted by molar-refractivity contribution is 1.06. The van der Waals surface area contributed by atoms with E-state index in [1.807, 2.05) is 0 Å². The number of hydrogen-bond acceptors (Lipinski definition) is 1. The lowest BCUT2D eigenvalue weighted by Gasteiger charge is -2.31. The first-order valence-corrected chi connectivity index (χ1v) is 12.6. The fraction of sp³-hybridized carbons (Fsp3) is 0.0857. The molecule has 0 bridgehead atoms. The van der Waals surface area contributed by atoms with E-state index in [4.69, 9.17) is 0 Å². The summed E-state index contributed by atoms with van der Waals surface area (Å²) in [6, 6.07) is 42.4. The van der Waals surface area contributed by atoms with E-state index in [0.29, 0.717) is 0 Å². The van der Waals surface area contributed by atoms with Crippen LogP contribution in [-0.2, 0) is 6.42 Å². The minimum absolute atomic E-state index is 0.976. The molecule has 0 aromatic heterocycles. The quantitative estimate of drug-likeness (QED) is 0.232. The molecule has 6 aromatic carbocycles. The molecule has 0 saturated carbocycles. The molecule has 0 amide bonds. The Morgan fingerprint density at radius 1 is 0.500 bits per heavy atom. The summed E-state index contributed by atoms with van der Waals surface area (Å²) in [6.45, 7) is 2.19. The van der Waals surface area contributed by atoms with Gasteiger partial charge < -0.3 is 4.90 Å². The minimum atomic E-state index is 0.976. The van der Waals surface area contributed by atoms with Crippen LogP contribution in [0.5, 0.6) is 0 Å². The Labute approximate surface area is 212 Å². The highest BCUT2D eigenvalue weighted by molar-refractivity contribution is 6.21. The molecule has 7 rings (SSSR count). The van der Waals surface area contributed by atoms with Crippen molar-refractivity contribution in [2.24, 2.45) is 0 Å². The van der Waals surface area contributed by atoms with Gasteiger partial charge in [-0.1, -0.05) is 109 Å². The van der Waals surface area contributed by atoms with Crippen molar-refractivity contribution in [3.8, 4) is 22.3 Å². The van der Waals surface area contributed by atoms with Gasteiger partial charge in [0.2, 0.25) is 0 Å². The third-order valence-corrected chi connectivity index (χ3v) is 7.71. The van der Waals surface area contributed by atoms with Gasteiger partial charge in [-0.25, -0.2) is 0 Å². The van der Waals surface area contributed by atoms with E-state index >= 15 is 0 Å². The Kier molecular flexibility index (Phi) is 4.72. The molecular weight excluding hydrogens is 434 g/mol. The second kappa shape index (κ2) is 8.10. The lowest BCUT2D eigenvalue weighted by Crippen LogP contribution is -2.18. The largest absolute Gasteiger partial charge is 0.344 e. The molecular formula is C35H27N. The fourth-order valence-electron chi connectivity index (χ4n) is 6.02. The lowest BCUT2D eigenvalue weighted by atomic mass is 9.84. The Balaban J connectivity index is 1.55. The summed E-state index contributed by atoms with van der Waals surface area (Å²) in [5, 5.41) is 5.21. The van der Waals surface area contributed by atoms with Crippen LogP contribution in [0.4, 0.5) is 11.4 Å². The van der Waals surface area contributed by atoms with Crippen molar-refractivity contribution < 1.29 is 0 Å². The van der Waals surface area contributed by atoms with Crippen LogP contribution in [0.1, 0.15) is 16.7 Å². The molecule has 0 spiro atoms. The average molecular weight is 462 g/mol. The zero-order chi connectivity index (χ0) is 24.2. The van der Waals surface area contributed by atoms with E-state index < -0.39 is 0 Å². The maximum Gasteiger partial charge on any atom is 0.0450 e. The van der Waals surface area contributed by atoms with E-state index in [-0.39, 0.29) is 0 Å². The van der Waals surface area contributed by atoms with Gasteiger partial charge in [0, 0.05) is 24.8 Å². The fourth-order valence-corrected chi connectivity index (χ4v) is 6.02. The van der Waals surface area contributed by atoms with Gasteiger partial charge in [-0.2, -0.15) is 0 Å². The van der Waals surface area contributed by atoms with Crippen molar-refractivity contribution in [2.75, 3.05) is 11.9 Å². The van der Waals surface area contributed by atoms with E-state index in [2.05, 4.69) is 134 Å². The number of rotatable bonds is 2. The molecule has 6 aromatic rings. The highest BCUT2D eigenvalue weighted by Gasteiger charge is 2.22. The van der Waals surface area contributed by atoms with Gasteiger partial charge in [-0.05, 0) is 74.0 Å². The third-order valence-electron chi connectivity index (χ3n) is 7.71. The van der Waals surface area contributed by atoms with Crippen LogP contribution < -0.4 is 4.90 Å². The van der Waals surface area contributed by atoms with Crippen LogP contribution >= 0.6 is 0 Å². The number of anilines is 2. The molecule has 36 heavy (non-hydrogen) atoms. The Morgan fingerprint density at radius 2 is 1.14 bits per heavy atom. The average Bonchev–Trinajstić information content (AvgIpc) is 2.92. The zero-order valence-electron chi connectivity index (χ0n) is 20.6. The van der Waals surface area contributed by atoms with Gasteiger partial charge in [0.1, 0.15) is 0 Å². The summed E-state index contributed by atoms with van der Waals surface area (Å²) in [4.78, 5) is 2.35. The number of nitrogens with zero attached hydrogens (tertiary/aromatic N) is 1. The van der Waals surface area contributed by atoms with Crippen molar-refractivity contribution in [3.05, 3.63) is 132 Å². The molecule has 0 fully saturated rings. The topological polar surface area (TPSA) is 3.24 Å². The van der Waals surface area contributed by atoms with Crippen molar-refractivity contribution in [1.82, 2.24) is 0 Å². The van der Waals surface area contributed by atoms with Gasteiger partial charge >= 0.3 is 0 Å². The summed E-state index contributed by atoms with van der Waals surface area (Å²) in [7, 11) is 2.19. The molecule has 1 heteroatoms. The van der Waals surface area contributed by atoms with Crippen LogP contribution in [0.15, 0.2) is 115 Å². The van der Waals surface area contributed by atoms with Crippen molar-refractivity contribution in [3.63, 3.8) is 0 Å². The van der Waals surface area contributed by atoms with Crippen LogP contribution in [0.25, 0.3) is 43.8 Å². The summed E-state index contributed by atoms with van der Waals surface area (Å²) < 4.78 is 0. The maximum atomic E-state index is 2.40. The molecule has 0 unspecified atom stereocenters. The highest BCUT2D eigenvalue weighted by atomic mass is 15.1. The maximum absolute atomic E-state index is 2.40. The molecule has 1 aliphatic heterocycles. The highest BCUT2D eigenvalue weighted by Crippen LogP contribution is 2.46. The van der Waals surface area contributed by atoms with E-state index in [1.54, 1.807) is 0 Å². The molecule has 1 aliphatic rings. The molecule has 0 aliphatic carbocycles. The van der Waals surface area contributed by atoms with Crippen molar-refractivity contribution >= 4 is 32.9 Å². The van der Waals surface area contributed by atoms with Crippen LogP contribution in [-0.4, -0.2) is 7.05 Å². The second-order valence-corrected chi connectivity index (χ2v) is 9.92. The predicted molar refractivity (Wildman–Crippen MR) is 154 cm³/mol. The van der Waals surface area contributed by atoms with Gasteiger partial charge in [-0.3, -0.25) is 0 Å². The van der Waals surface area contributed by atoms with E-state index in [9.17, 15) is 0 Å². The van der Waals surface area contributed by atoms with Gasteiger partial charge in [0.25, 0.3) is 0 Å². The van der Waals surface area contributed by atoms with Crippen LogP contribution in [0.2, 0.25) is 0 Å². The Bertz CT molecular complexity index is 1780. The smallest absolute Gasteiger partial charge is 0.0450 e. The first-order valence-electron chi connectivity index (χ1n) is 12.6. The summed E-state index contributed by atoms with van der Waals surface area (Å²) in [6.07, 6.45) is 0.976. The van der Waals surface area contributed by atoms with Gasteiger partial charge in [0.05, 0.1) is 0 Å². The van der Waals surface area contributed by atoms with Gasteiger partial charge in [-0.15, -0.1) is 0 Å². The van der Waals surface area contributed by atoms with Crippen molar-refractivity contribution in [1.29, 1.82) is 0 Å². The summed E-state index contributed by atoms with van der Waals surface area (Å²) in [5.74, 6) is 0. The number of aryl methyl sites for hydroxylation is 1. The monoisotopic (exact) mass is 461 g/mol. The number of fused-ring (bicyclic) bond motifs is 4. The van der Waals surface area contributed by atoms with E-state index in [1.165, 1.54) is 71.9 Å². The number of hydrogen-bond donors (Lipinski definition) is 0. The zero-order valence-corrected chi connectivity index (χ0v) is 20.6. The molecule has 1 nitrogen and oxygen atoms in total. The third kappa shape index (κ3) is 3.17. The normalized spacial score (nSPS) is 12.6. The van der Waals surface area contributed by atoms with Crippen molar-refractivity contribution in [2.45, 2.75) is 13.3 Å². The minimum Gasteiger partial charge on any atom is -0.344 e. The standard InChI is InChI=1S/C35H27N/c1-23-16-19-30-31(20-23)35(29-14-8-7-13-28(29)34(30)24-10-4-3-5-11-24)27-18-17-26-21-25-12-6-9-15-32(25)36(2)33(26)22-27/h3-20,22H,21H2,1-2H3. The first kappa shape index (κ1) is 21.0. The van der Waals surface area contributed by atoms with Crippen LogP contribution in [0, 0.1) is 6.92 Å². The molecule has 172 valence electrons. The summed E-state index contributed by atoms with van der Waals surface area (Å²) >= 11 is 0. The molecule has 0 N–H and O–H groups in total. The second-order valence-electron chi connectivity index (χ2n) is 9.92. The molecule has 1 heterocycles. The van der Waals surface area contributed by atoms with Gasteiger partial charge in [0.15, 0.2) is 0 Å². The molecule has 0 radical (unpaired) electrons. The summed E-state index contributed by atoms with van der Waals surface area (Å²) in [5.41, 5.74) is 11.8. The number of para-hydroxylation sites is 1. The van der Waals surface area contributed by atoms with Crippen LogP contribution in [0.3, 0.4) is 0 Å². The molecule has 0 saturated heterocycles.